The molecule has 0 saturated heterocycles. The Balaban J connectivity index is 1.49. The van der Waals surface area contributed by atoms with Crippen molar-refractivity contribution in [2.45, 2.75) is 52.6 Å². The zero-order valence-electron chi connectivity index (χ0n) is 24.2. The molecule has 0 saturated carbocycles. The molecule has 0 unspecified atom stereocenters. The number of nitrogens with zero attached hydrogens (tertiary/aromatic N) is 1. The van der Waals surface area contributed by atoms with Crippen molar-refractivity contribution in [3.05, 3.63) is 114 Å². The summed E-state index contributed by atoms with van der Waals surface area (Å²) in [6.45, 7) is 8.74. The summed E-state index contributed by atoms with van der Waals surface area (Å²) in [5, 5.41) is 2.21. The maximum Gasteiger partial charge on any atom is 0.394 e. The molecule has 0 aliphatic rings. The Morgan fingerprint density at radius 3 is 1.90 bits per heavy atom. The molecule has 1 aromatic heterocycles. The lowest BCUT2D eigenvalue weighted by atomic mass is 9.82. The van der Waals surface area contributed by atoms with Gasteiger partial charge in [0.1, 0.15) is 11.6 Å². The minimum absolute atomic E-state index is 0.131. The zero-order chi connectivity index (χ0) is 30.4. The number of pyridine rings is 1. The summed E-state index contributed by atoms with van der Waals surface area (Å²) in [5.41, 5.74) is 2.08. The number of rotatable bonds is 5. The molecule has 6 heteroatoms. The Morgan fingerprint density at radius 1 is 0.643 bits per heavy atom. The maximum atomic E-state index is 15.5. The molecule has 0 fully saturated rings. The molecule has 4 aromatic carbocycles. The number of benzene rings is 4. The Bertz CT molecular complexity index is 1740. The maximum absolute atomic E-state index is 15.5. The topological polar surface area (TPSA) is 12.9 Å². The molecule has 0 N–H and O–H groups in total. The fourth-order valence-corrected chi connectivity index (χ4v) is 5.26. The third-order valence-electron chi connectivity index (χ3n) is 7.76. The number of fused-ring (bicyclic) bond motifs is 1. The minimum Gasteiger partial charge on any atom is -0.256 e. The Labute approximate surface area is 243 Å². The van der Waals surface area contributed by atoms with Crippen molar-refractivity contribution >= 4 is 10.8 Å². The summed E-state index contributed by atoms with van der Waals surface area (Å²) in [5.74, 6) is -1.48. The highest BCUT2D eigenvalue weighted by atomic mass is 19.4. The van der Waals surface area contributed by atoms with Gasteiger partial charge in [-0.1, -0.05) is 83.1 Å². The van der Waals surface area contributed by atoms with E-state index in [1.807, 2.05) is 24.3 Å². The van der Waals surface area contributed by atoms with Crippen molar-refractivity contribution in [2.24, 2.45) is 5.41 Å². The van der Waals surface area contributed by atoms with E-state index >= 15 is 8.78 Å². The van der Waals surface area contributed by atoms with Gasteiger partial charge in [0.15, 0.2) is 0 Å². The molecule has 5 rings (SSSR count). The van der Waals surface area contributed by atoms with Gasteiger partial charge in [0, 0.05) is 11.8 Å². The van der Waals surface area contributed by atoms with Gasteiger partial charge in [0.2, 0.25) is 0 Å². The normalized spacial score (nSPS) is 12.6. The first-order valence-corrected chi connectivity index (χ1v) is 13.8. The van der Waals surface area contributed by atoms with Crippen molar-refractivity contribution in [2.75, 3.05) is 0 Å². The zero-order valence-corrected chi connectivity index (χ0v) is 24.2. The first-order valence-electron chi connectivity index (χ1n) is 13.8. The van der Waals surface area contributed by atoms with Crippen LogP contribution in [0.1, 0.15) is 45.7 Å². The van der Waals surface area contributed by atoms with Gasteiger partial charge >= 0.3 is 6.18 Å². The first kappa shape index (κ1) is 29.4. The molecule has 42 heavy (non-hydrogen) atoms. The van der Waals surface area contributed by atoms with E-state index in [9.17, 15) is 13.2 Å². The van der Waals surface area contributed by atoms with E-state index in [-0.39, 0.29) is 17.4 Å². The van der Waals surface area contributed by atoms with E-state index in [0.717, 1.165) is 35.7 Å². The fraction of sp³-hybridized carbons (Fsp3) is 0.250. The quantitative estimate of drug-likeness (QED) is 0.191. The molecule has 5 aromatic rings. The monoisotopic (exact) mass is 573 g/mol. The largest absolute Gasteiger partial charge is 0.394 e. The SMILES string of the molecule is CC(C)(C)c1cc(-c2cc(-c3c(F)cc(-c4ccc(CC(C)(C)C(F)(F)F)cc4)cc3F)ccn2)cc2ccccc12. The van der Waals surface area contributed by atoms with Gasteiger partial charge in [-0.05, 0) is 86.8 Å². The average Bonchev–Trinajstić information content (AvgIpc) is 2.91. The standard InChI is InChI=1S/C36H32F5N/c1-34(2,3)29-17-27(16-24-8-6-7-9-28(24)29)32-20-25(14-15-42-32)33-30(37)18-26(19-31(33)38)23-12-10-22(11-13-23)21-35(4,5)36(39,40)41/h6-20H,21H2,1-5H3. The number of halogens is 5. The van der Waals surface area contributed by atoms with Crippen LogP contribution in [0.4, 0.5) is 22.0 Å². The number of hydrogen-bond donors (Lipinski definition) is 0. The third-order valence-corrected chi connectivity index (χ3v) is 7.76. The molecule has 0 spiro atoms. The van der Waals surface area contributed by atoms with E-state index in [1.165, 1.54) is 12.1 Å². The van der Waals surface area contributed by atoms with Gasteiger partial charge in [-0.2, -0.15) is 13.2 Å². The molecule has 1 heterocycles. The highest BCUT2D eigenvalue weighted by Crippen LogP contribution is 2.41. The minimum atomic E-state index is -4.34. The first-order chi connectivity index (χ1) is 19.6. The summed E-state index contributed by atoms with van der Waals surface area (Å²) in [7, 11) is 0. The molecular formula is C36H32F5N. The molecular weight excluding hydrogens is 541 g/mol. The van der Waals surface area contributed by atoms with E-state index in [1.54, 1.807) is 42.6 Å². The van der Waals surface area contributed by atoms with Gasteiger partial charge in [-0.25, -0.2) is 8.78 Å². The molecule has 0 radical (unpaired) electrons. The van der Waals surface area contributed by atoms with Crippen LogP contribution in [0.3, 0.4) is 0 Å². The summed E-state index contributed by atoms with van der Waals surface area (Å²) in [6.07, 6.45) is -2.99. The fourth-order valence-electron chi connectivity index (χ4n) is 5.26. The van der Waals surface area contributed by atoms with Crippen LogP contribution in [0.5, 0.6) is 0 Å². The Hall–Kier alpha value is -4.06. The van der Waals surface area contributed by atoms with Gasteiger partial charge < -0.3 is 0 Å². The van der Waals surface area contributed by atoms with Gasteiger partial charge in [0.25, 0.3) is 0 Å². The van der Waals surface area contributed by atoms with Crippen LogP contribution in [-0.4, -0.2) is 11.2 Å². The smallest absolute Gasteiger partial charge is 0.256 e. The Morgan fingerprint density at radius 2 is 1.29 bits per heavy atom. The molecule has 0 aliphatic heterocycles. The molecule has 0 amide bonds. The molecule has 0 aliphatic carbocycles. The molecule has 0 bridgehead atoms. The lowest BCUT2D eigenvalue weighted by Gasteiger charge is -2.27. The second-order valence-electron chi connectivity index (χ2n) is 12.5. The van der Waals surface area contributed by atoms with Crippen molar-refractivity contribution in [3.63, 3.8) is 0 Å². The van der Waals surface area contributed by atoms with Gasteiger partial charge in [0.05, 0.1) is 16.7 Å². The molecule has 216 valence electrons. The van der Waals surface area contributed by atoms with Crippen LogP contribution in [0, 0.1) is 17.0 Å². The van der Waals surface area contributed by atoms with E-state index in [2.05, 4.69) is 37.9 Å². The van der Waals surface area contributed by atoms with Gasteiger partial charge in [-0.3, -0.25) is 4.98 Å². The summed E-state index contributed by atoms with van der Waals surface area (Å²) < 4.78 is 70.9. The second kappa shape index (κ2) is 10.6. The predicted molar refractivity (Wildman–Crippen MR) is 160 cm³/mol. The van der Waals surface area contributed by atoms with Crippen molar-refractivity contribution in [1.29, 1.82) is 0 Å². The van der Waals surface area contributed by atoms with Crippen molar-refractivity contribution < 1.29 is 22.0 Å². The highest BCUT2D eigenvalue weighted by Gasteiger charge is 2.46. The molecule has 0 atom stereocenters. The number of alkyl halides is 3. The van der Waals surface area contributed by atoms with Crippen LogP contribution in [0.25, 0.3) is 44.3 Å². The van der Waals surface area contributed by atoms with Crippen LogP contribution >= 0.6 is 0 Å². The second-order valence-corrected chi connectivity index (χ2v) is 12.5. The van der Waals surface area contributed by atoms with Gasteiger partial charge in [-0.15, -0.1) is 0 Å². The van der Waals surface area contributed by atoms with Crippen LogP contribution < -0.4 is 0 Å². The summed E-state index contributed by atoms with van der Waals surface area (Å²) in [6, 6.07) is 24.3. The number of aromatic nitrogens is 1. The third kappa shape index (κ3) is 5.80. The van der Waals surface area contributed by atoms with Crippen LogP contribution in [-0.2, 0) is 11.8 Å². The average molecular weight is 574 g/mol. The van der Waals surface area contributed by atoms with Crippen molar-refractivity contribution in [1.82, 2.24) is 4.98 Å². The van der Waals surface area contributed by atoms with E-state index in [0.29, 0.717) is 27.9 Å². The highest BCUT2D eigenvalue weighted by molar-refractivity contribution is 5.91. The van der Waals surface area contributed by atoms with E-state index < -0.39 is 23.2 Å². The lowest BCUT2D eigenvalue weighted by molar-refractivity contribution is -0.211. The van der Waals surface area contributed by atoms with Crippen molar-refractivity contribution in [3.8, 4) is 33.5 Å². The summed E-state index contributed by atoms with van der Waals surface area (Å²) in [4.78, 5) is 4.52. The summed E-state index contributed by atoms with van der Waals surface area (Å²) >= 11 is 0. The van der Waals surface area contributed by atoms with E-state index in [4.69, 9.17) is 0 Å². The molecule has 1 nitrogen and oxygen atoms in total. The predicted octanol–water partition coefficient (Wildman–Crippen LogP) is 10.9. The van der Waals surface area contributed by atoms with Crippen LogP contribution in [0.2, 0.25) is 0 Å². The Kier molecular flexibility index (Phi) is 7.46. The lowest BCUT2D eigenvalue weighted by Crippen LogP contribution is -2.34. The number of hydrogen-bond acceptors (Lipinski definition) is 1. The van der Waals surface area contributed by atoms with Crippen LogP contribution in [0.15, 0.2) is 91.1 Å².